The number of fused-ring (bicyclic) bond motifs is 1. The minimum Gasteiger partial charge on any atom is -0.460 e. The summed E-state index contributed by atoms with van der Waals surface area (Å²) in [6, 6.07) is 0. The van der Waals surface area contributed by atoms with E-state index in [1.807, 2.05) is 0 Å². The lowest BCUT2D eigenvalue weighted by molar-refractivity contribution is -0.167. The smallest absolute Gasteiger partial charge is 0.312 e. The normalized spacial score (nSPS) is 35.1. The van der Waals surface area contributed by atoms with E-state index in [-0.39, 0.29) is 5.92 Å². The molecule has 0 saturated heterocycles. The van der Waals surface area contributed by atoms with Crippen molar-refractivity contribution in [2.45, 2.75) is 71.2 Å². The summed E-state index contributed by atoms with van der Waals surface area (Å²) in [7, 11) is 0. The first kappa shape index (κ1) is 16.3. The zero-order chi connectivity index (χ0) is 16.2. The van der Waals surface area contributed by atoms with Crippen LogP contribution < -0.4 is 0 Å². The molecule has 120 valence electrons. The lowest BCUT2D eigenvalue weighted by atomic mass is 9.96. The SMILES string of the molecule is CC(C)(C)OC(=O)C1CCC2C(C(=O)OC(C)(C)C)C12O. The molecule has 0 aromatic rings. The fourth-order valence-corrected chi connectivity index (χ4v) is 3.31. The summed E-state index contributed by atoms with van der Waals surface area (Å²) in [6.45, 7) is 10.7. The molecule has 0 aromatic heterocycles. The van der Waals surface area contributed by atoms with E-state index >= 15 is 0 Å². The Morgan fingerprint density at radius 1 is 0.952 bits per heavy atom. The summed E-state index contributed by atoms with van der Waals surface area (Å²) in [4.78, 5) is 24.4. The number of carbonyl (C=O) groups excluding carboxylic acids is 2. The van der Waals surface area contributed by atoms with Crippen LogP contribution in [0.25, 0.3) is 0 Å². The van der Waals surface area contributed by atoms with Gasteiger partial charge in [-0.2, -0.15) is 0 Å². The van der Waals surface area contributed by atoms with Crippen LogP contribution in [0.1, 0.15) is 54.4 Å². The topological polar surface area (TPSA) is 72.8 Å². The van der Waals surface area contributed by atoms with Crippen LogP contribution in [0, 0.1) is 17.8 Å². The van der Waals surface area contributed by atoms with Gasteiger partial charge in [0, 0.05) is 5.92 Å². The lowest BCUT2D eigenvalue weighted by Gasteiger charge is -2.26. The van der Waals surface area contributed by atoms with Gasteiger partial charge >= 0.3 is 11.9 Å². The molecule has 0 aliphatic heterocycles. The third-order valence-electron chi connectivity index (χ3n) is 4.06. The van der Waals surface area contributed by atoms with E-state index in [4.69, 9.17) is 9.47 Å². The first-order valence-electron chi connectivity index (χ1n) is 7.54. The molecule has 5 heteroatoms. The van der Waals surface area contributed by atoms with Crippen molar-refractivity contribution in [1.29, 1.82) is 0 Å². The molecule has 0 aromatic carbocycles. The number of aliphatic hydroxyl groups is 1. The van der Waals surface area contributed by atoms with Gasteiger partial charge in [0.05, 0.1) is 17.4 Å². The average Bonchev–Trinajstić information content (AvgIpc) is 2.65. The van der Waals surface area contributed by atoms with E-state index in [1.165, 1.54) is 0 Å². The summed E-state index contributed by atoms with van der Waals surface area (Å²) >= 11 is 0. The number of hydrogen-bond acceptors (Lipinski definition) is 5. The molecule has 2 aliphatic rings. The number of ether oxygens (including phenoxy) is 2. The highest BCUT2D eigenvalue weighted by Gasteiger charge is 2.76. The molecular weight excluding hydrogens is 272 g/mol. The third-order valence-corrected chi connectivity index (χ3v) is 4.06. The van der Waals surface area contributed by atoms with Crippen molar-refractivity contribution < 1.29 is 24.2 Å². The number of hydrogen-bond donors (Lipinski definition) is 1. The number of esters is 2. The average molecular weight is 298 g/mol. The molecule has 2 saturated carbocycles. The highest BCUT2D eigenvalue weighted by Crippen LogP contribution is 2.64. The second-order valence-electron chi connectivity index (χ2n) is 8.17. The largest absolute Gasteiger partial charge is 0.460 e. The number of rotatable bonds is 2. The van der Waals surface area contributed by atoms with Gasteiger partial charge in [0.1, 0.15) is 11.2 Å². The Balaban J connectivity index is 2.06. The zero-order valence-electron chi connectivity index (χ0n) is 13.7. The van der Waals surface area contributed by atoms with Crippen LogP contribution in [0.3, 0.4) is 0 Å². The molecule has 0 bridgehead atoms. The monoisotopic (exact) mass is 298 g/mol. The van der Waals surface area contributed by atoms with Crippen LogP contribution in [-0.2, 0) is 19.1 Å². The van der Waals surface area contributed by atoms with Gasteiger partial charge in [0.25, 0.3) is 0 Å². The summed E-state index contributed by atoms with van der Waals surface area (Å²) in [5.74, 6) is -2.23. The molecular formula is C16H26O5. The van der Waals surface area contributed by atoms with Gasteiger partial charge in [-0.3, -0.25) is 9.59 Å². The van der Waals surface area contributed by atoms with Crippen LogP contribution in [0.2, 0.25) is 0 Å². The highest BCUT2D eigenvalue weighted by molar-refractivity contribution is 5.84. The number of carbonyl (C=O) groups is 2. The second kappa shape index (κ2) is 4.70. The summed E-state index contributed by atoms with van der Waals surface area (Å²) < 4.78 is 10.7. The first-order valence-corrected chi connectivity index (χ1v) is 7.54. The van der Waals surface area contributed by atoms with Crippen LogP contribution in [0.15, 0.2) is 0 Å². The third kappa shape index (κ3) is 3.07. The van der Waals surface area contributed by atoms with Gasteiger partial charge in [-0.1, -0.05) is 0 Å². The van der Waals surface area contributed by atoms with Crippen molar-refractivity contribution in [3.8, 4) is 0 Å². The Bertz CT molecular complexity index is 456. The predicted molar refractivity (Wildman–Crippen MR) is 76.3 cm³/mol. The maximum Gasteiger partial charge on any atom is 0.312 e. The quantitative estimate of drug-likeness (QED) is 0.790. The van der Waals surface area contributed by atoms with Gasteiger partial charge in [0.15, 0.2) is 0 Å². The van der Waals surface area contributed by atoms with Gasteiger partial charge < -0.3 is 14.6 Å². The molecule has 21 heavy (non-hydrogen) atoms. The van der Waals surface area contributed by atoms with Crippen molar-refractivity contribution in [3.63, 3.8) is 0 Å². The molecule has 5 nitrogen and oxygen atoms in total. The molecule has 4 unspecified atom stereocenters. The Morgan fingerprint density at radius 3 is 1.90 bits per heavy atom. The summed E-state index contributed by atoms with van der Waals surface area (Å²) in [5, 5.41) is 10.7. The standard InChI is InChI=1S/C16H26O5/c1-14(2,3)20-12(17)10-8-7-9-11(16(9,10)19)13(18)21-15(4,5)6/h9-11,19H,7-8H2,1-6H3. The van der Waals surface area contributed by atoms with Crippen molar-refractivity contribution in [2.75, 3.05) is 0 Å². The highest BCUT2D eigenvalue weighted by atomic mass is 16.6. The molecule has 0 amide bonds. The first-order chi connectivity index (χ1) is 9.36. The Morgan fingerprint density at radius 2 is 1.43 bits per heavy atom. The molecule has 4 atom stereocenters. The van der Waals surface area contributed by atoms with Crippen LogP contribution in [0.4, 0.5) is 0 Å². The van der Waals surface area contributed by atoms with E-state index in [0.717, 1.165) is 0 Å². The van der Waals surface area contributed by atoms with Crippen molar-refractivity contribution >= 4 is 11.9 Å². The molecule has 2 fully saturated rings. The second-order valence-corrected chi connectivity index (χ2v) is 8.17. The summed E-state index contributed by atoms with van der Waals surface area (Å²) in [5.41, 5.74) is -2.46. The van der Waals surface area contributed by atoms with E-state index < -0.39 is 40.6 Å². The van der Waals surface area contributed by atoms with E-state index in [1.54, 1.807) is 41.5 Å². The molecule has 2 aliphatic carbocycles. The van der Waals surface area contributed by atoms with E-state index in [2.05, 4.69) is 0 Å². The van der Waals surface area contributed by atoms with Crippen molar-refractivity contribution in [1.82, 2.24) is 0 Å². The Hall–Kier alpha value is -1.10. The molecule has 2 rings (SSSR count). The minimum absolute atomic E-state index is 0.176. The van der Waals surface area contributed by atoms with Crippen LogP contribution >= 0.6 is 0 Å². The van der Waals surface area contributed by atoms with E-state index in [9.17, 15) is 14.7 Å². The maximum absolute atomic E-state index is 12.2. The van der Waals surface area contributed by atoms with Crippen molar-refractivity contribution in [3.05, 3.63) is 0 Å². The predicted octanol–water partition coefficient (Wildman–Crippen LogP) is 2.06. The maximum atomic E-state index is 12.2. The molecule has 0 radical (unpaired) electrons. The fourth-order valence-electron chi connectivity index (χ4n) is 3.31. The van der Waals surface area contributed by atoms with Crippen molar-refractivity contribution in [2.24, 2.45) is 17.8 Å². The van der Waals surface area contributed by atoms with Gasteiger partial charge in [-0.05, 0) is 54.4 Å². The molecule has 0 spiro atoms. The zero-order valence-corrected chi connectivity index (χ0v) is 13.7. The van der Waals surface area contributed by atoms with E-state index in [0.29, 0.717) is 12.8 Å². The molecule has 0 heterocycles. The Kier molecular flexibility index (Phi) is 3.64. The van der Waals surface area contributed by atoms with Crippen LogP contribution in [-0.4, -0.2) is 33.8 Å². The van der Waals surface area contributed by atoms with Crippen LogP contribution in [0.5, 0.6) is 0 Å². The van der Waals surface area contributed by atoms with Gasteiger partial charge in [0.2, 0.25) is 0 Å². The fraction of sp³-hybridized carbons (Fsp3) is 0.875. The van der Waals surface area contributed by atoms with Gasteiger partial charge in [-0.15, -0.1) is 0 Å². The summed E-state index contributed by atoms with van der Waals surface area (Å²) in [6.07, 6.45) is 1.22. The minimum atomic E-state index is -1.27. The van der Waals surface area contributed by atoms with Gasteiger partial charge in [-0.25, -0.2) is 0 Å². The lowest BCUT2D eigenvalue weighted by Crippen LogP contribution is -2.38. The Labute approximate surface area is 126 Å². The molecule has 1 N–H and O–H groups in total.